The number of rotatable bonds is 14. The molecule has 2 heterocycles. The van der Waals surface area contributed by atoms with Gasteiger partial charge in [0, 0.05) is 32.2 Å². The minimum Gasteiger partial charge on any atom is -0.493 e. The predicted molar refractivity (Wildman–Crippen MR) is 155 cm³/mol. The Kier molecular flexibility index (Phi) is 13.6. The third-order valence-corrected chi connectivity index (χ3v) is 7.09. The molecule has 4 atom stereocenters. The second kappa shape index (κ2) is 17.3. The molecule has 0 spiro atoms. The Morgan fingerprint density at radius 3 is 2.55 bits per heavy atom. The maximum atomic E-state index is 13.4. The quantitative estimate of drug-likeness (QED) is 0.118. The van der Waals surface area contributed by atoms with E-state index < -0.39 is 42.6 Å². The molecule has 0 unspecified atom stereocenters. The Bertz CT molecular complexity index is 1140. The van der Waals surface area contributed by atoms with Crippen molar-refractivity contribution in [3.63, 3.8) is 0 Å². The number of esters is 2. The molecular weight excluding hydrogens is 542 g/mol. The first-order valence-corrected chi connectivity index (χ1v) is 14.7. The lowest BCUT2D eigenvalue weighted by molar-refractivity contribution is -0.168. The molecule has 1 fully saturated rings. The second-order valence-corrected chi connectivity index (χ2v) is 10.4. The average Bonchev–Trinajstić information content (AvgIpc) is 2.98. The summed E-state index contributed by atoms with van der Waals surface area (Å²) in [5.74, 6) is -1.04. The first-order valence-electron chi connectivity index (χ1n) is 14.7. The van der Waals surface area contributed by atoms with Gasteiger partial charge in [0.1, 0.15) is 24.1 Å². The van der Waals surface area contributed by atoms with E-state index >= 15 is 0 Å². The van der Waals surface area contributed by atoms with Gasteiger partial charge in [-0.15, -0.1) is 0 Å². The lowest BCUT2D eigenvalue weighted by atomic mass is 9.92. The van der Waals surface area contributed by atoms with Gasteiger partial charge in [-0.25, -0.2) is 4.98 Å². The van der Waals surface area contributed by atoms with Crippen LogP contribution in [0, 0.1) is 5.92 Å². The first-order chi connectivity index (χ1) is 20.3. The number of unbranched alkanes of at least 4 members (excludes halogenated alkanes) is 2. The van der Waals surface area contributed by atoms with Gasteiger partial charge >= 0.3 is 11.9 Å². The third-order valence-electron chi connectivity index (χ3n) is 7.09. The normalized spacial score (nSPS) is 21.1. The van der Waals surface area contributed by atoms with Crippen molar-refractivity contribution in [2.24, 2.45) is 5.92 Å². The zero-order chi connectivity index (χ0) is 30.3. The van der Waals surface area contributed by atoms with E-state index in [0.29, 0.717) is 25.9 Å². The lowest BCUT2D eigenvalue weighted by Gasteiger charge is -2.34. The first kappa shape index (κ1) is 32.8. The summed E-state index contributed by atoms with van der Waals surface area (Å²) < 4.78 is 34.3. The average molecular weight is 586 g/mol. The summed E-state index contributed by atoms with van der Waals surface area (Å²) in [6.45, 7) is 5.32. The molecule has 3 rings (SSSR count). The number of cyclic esters (lactones) is 1. The largest absolute Gasteiger partial charge is 0.493 e. The molecule has 1 saturated heterocycles. The molecule has 0 saturated carbocycles. The molecule has 1 aliphatic heterocycles. The molecule has 10 heteroatoms. The Morgan fingerprint density at radius 1 is 1.07 bits per heavy atom. The zero-order valence-corrected chi connectivity index (χ0v) is 25.0. The molecule has 1 aliphatic rings. The summed E-state index contributed by atoms with van der Waals surface area (Å²) in [4.78, 5) is 42.3. The van der Waals surface area contributed by atoms with Crippen LogP contribution in [0.2, 0.25) is 0 Å². The van der Waals surface area contributed by atoms with Crippen LogP contribution in [-0.4, -0.2) is 61.5 Å². The molecule has 2 aromatic rings. The summed E-state index contributed by atoms with van der Waals surface area (Å²) in [6, 6.07) is 11.1. The monoisotopic (exact) mass is 585 g/mol. The topological polar surface area (TPSA) is 119 Å². The Balaban J connectivity index is 1.76. The van der Waals surface area contributed by atoms with Crippen molar-refractivity contribution in [1.29, 1.82) is 0 Å². The van der Waals surface area contributed by atoms with Gasteiger partial charge in [-0.05, 0) is 44.7 Å². The fourth-order valence-electron chi connectivity index (χ4n) is 4.89. The van der Waals surface area contributed by atoms with Gasteiger partial charge in [0.05, 0.1) is 13.0 Å². The minimum atomic E-state index is -0.679. The van der Waals surface area contributed by atoms with Gasteiger partial charge in [0.2, 0.25) is 6.79 Å². The number of para-hydroxylation sites is 1. The van der Waals surface area contributed by atoms with Crippen molar-refractivity contribution >= 4 is 17.7 Å². The molecular formula is C32H43NO9. The highest BCUT2D eigenvalue weighted by atomic mass is 16.7. The van der Waals surface area contributed by atoms with Crippen LogP contribution in [0.1, 0.15) is 82.6 Å². The predicted octanol–water partition coefficient (Wildman–Crippen LogP) is 5.71. The fourth-order valence-corrected chi connectivity index (χ4v) is 4.89. The highest BCUT2D eigenvalue weighted by Crippen LogP contribution is 2.32. The molecule has 1 aromatic heterocycles. The van der Waals surface area contributed by atoms with Crippen LogP contribution in [0.25, 0.3) is 0 Å². The van der Waals surface area contributed by atoms with E-state index in [1.54, 1.807) is 0 Å². The van der Waals surface area contributed by atoms with Crippen molar-refractivity contribution < 1.29 is 42.8 Å². The van der Waals surface area contributed by atoms with E-state index in [9.17, 15) is 14.4 Å². The van der Waals surface area contributed by atoms with Crippen molar-refractivity contribution in [1.82, 2.24) is 4.98 Å². The summed E-state index contributed by atoms with van der Waals surface area (Å²) in [5, 5.41) is 0. The molecule has 42 heavy (non-hydrogen) atoms. The number of pyridine rings is 1. The van der Waals surface area contributed by atoms with Crippen LogP contribution in [0.4, 0.5) is 0 Å². The summed E-state index contributed by atoms with van der Waals surface area (Å²) >= 11 is 0. The van der Waals surface area contributed by atoms with Gasteiger partial charge in [-0.1, -0.05) is 44.4 Å². The van der Waals surface area contributed by atoms with Crippen LogP contribution in [0.5, 0.6) is 17.2 Å². The Morgan fingerprint density at radius 2 is 1.83 bits per heavy atom. The number of ether oxygens (including phenoxy) is 6. The molecule has 0 N–H and O–H groups in total. The minimum absolute atomic E-state index is 0.00657. The van der Waals surface area contributed by atoms with Gasteiger partial charge in [-0.3, -0.25) is 14.4 Å². The molecule has 230 valence electrons. The highest BCUT2D eigenvalue weighted by Gasteiger charge is 2.36. The zero-order valence-electron chi connectivity index (χ0n) is 25.0. The van der Waals surface area contributed by atoms with E-state index in [1.807, 2.05) is 37.3 Å². The molecule has 0 bridgehead atoms. The second-order valence-electron chi connectivity index (χ2n) is 10.4. The summed E-state index contributed by atoms with van der Waals surface area (Å²) in [7, 11) is 1.43. The third kappa shape index (κ3) is 10.0. The van der Waals surface area contributed by atoms with Gasteiger partial charge < -0.3 is 28.4 Å². The Labute approximate surface area is 248 Å². The molecule has 1 aromatic carbocycles. The maximum absolute atomic E-state index is 13.4. The van der Waals surface area contributed by atoms with Gasteiger partial charge in [-0.2, -0.15) is 0 Å². The molecule has 0 aliphatic carbocycles. The standard InChI is InChI=1S/C32H43NO9/c1-5-6-12-19-38-30-22(2)41-32(36)24(13-10-11-16-28(30)42-25-14-8-7-9-15-25)20-26(35)29-31(40-21-39-23(3)34)27(37-4)17-18-33-29/h7-9,14-15,17-18,22,24,28,30H,5-6,10-13,16,19-21H2,1-4H3/t22-,24+,28-,30-/m0/s1. The van der Waals surface area contributed by atoms with Crippen molar-refractivity contribution in [2.45, 2.75) is 90.4 Å². The number of carbonyl (C=O) groups excluding carboxylic acids is 3. The number of aromatic nitrogens is 1. The number of benzene rings is 1. The SMILES string of the molecule is CCCCCO[C@H]1[C@H](C)OC(=O)[C@@H](CC(=O)c2nccc(OC)c2OCOC(C)=O)CCCC[C@@H]1Oc1ccccc1. The fraction of sp³-hybridized carbons (Fsp3) is 0.562. The van der Waals surface area contributed by atoms with Crippen LogP contribution >= 0.6 is 0 Å². The van der Waals surface area contributed by atoms with Crippen molar-refractivity contribution in [2.75, 3.05) is 20.5 Å². The summed E-state index contributed by atoms with van der Waals surface area (Å²) in [5.41, 5.74) is -0.00657. The number of ketones is 1. The number of carbonyl (C=O) groups is 3. The van der Waals surface area contributed by atoms with Crippen LogP contribution in [-0.2, 0) is 23.8 Å². The highest BCUT2D eigenvalue weighted by molar-refractivity contribution is 5.99. The van der Waals surface area contributed by atoms with Crippen LogP contribution < -0.4 is 14.2 Å². The van der Waals surface area contributed by atoms with Gasteiger partial charge in [0.25, 0.3) is 0 Å². The number of methoxy groups -OCH3 is 1. The number of Topliss-reactive ketones (excluding diaryl/α,β-unsaturated/α-hetero) is 1. The molecule has 0 radical (unpaired) electrons. The summed E-state index contributed by atoms with van der Waals surface area (Å²) in [6.07, 6.45) is 5.59. The van der Waals surface area contributed by atoms with Crippen LogP contribution in [0.15, 0.2) is 42.6 Å². The molecule has 0 amide bonds. The van der Waals surface area contributed by atoms with E-state index in [2.05, 4.69) is 11.9 Å². The lowest BCUT2D eigenvalue weighted by Crippen LogP contribution is -2.45. The van der Waals surface area contributed by atoms with E-state index in [-0.39, 0.29) is 29.7 Å². The number of hydrogen-bond acceptors (Lipinski definition) is 10. The molecule has 10 nitrogen and oxygen atoms in total. The van der Waals surface area contributed by atoms with Crippen LogP contribution in [0.3, 0.4) is 0 Å². The van der Waals surface area contributed by atoms with E-state index in [0.717, 1.165) is 31.4 Å². The van der Waals surface area contributed by atoms with Crippen molar-refractivity contribution in [3.05, 3.63) is 48.3 Å². The Hall–Kier alpha value is -3.66. The number of nitrogens with zero attached hydrogens (tertiary/aromatic N) is 1. The van der Waals surface area contributed by atoms with E-state index in [1.165, 1.54) is 26.3 Å². The number of hydrogen-bond donors (Lipinski definition) is 0. The maximum Gasteiger partial charge on any atom is 0.309 e. The van der Waals surface area contributed by atoms with E-state index in [4.69, 9.17) is 28.4 Å². The van der Waals surface area contributed by atoms with Gasteiger partial charge in [0.15, 0.2) is 23.0 Å². The van der Waals surface area contributed by atoms with Crippen molar-refractivity contribution in [3.8, 4) is 17.2 Å². The smallest absolute Gasteiger partial charge is 0.309 e.